The smallest absolute Gasteiger partial charge is 0.410 e. The Kier molecular flexibility index (Phi) is 6.23. The molecule has 1 aliphatic rings. The number of ether oxygens (including phenoxy) is 1. The third-order valence-corrected chi connectivity index (χ3v) is 7.38. The fourth-order valence-corrected chi connectivity index (χ4v) is 5.14. The molecule has 0 spiro atoms. The zero-order valence-corrected chi connectivity index (χ0v) is 21.4. The summed E-state index contributed by atoms with van der Waals surface area (Å²) in [5, 5.41) is 10.4. The minimum absolute atomic E-state index is 0.102. The second-order valence-corrected chi connectivity index (χ2v) is 10.7. The first-order valence-electron chi connectivity index (χ1n) is 12.2. The number of carbonyl (C=O) groups is 1. The number of imidazole rings is 1. The maximum absolute atomic E-state index is 13.1. The Bertz CT molecular complexity index is 1190. The number of rotatable bonds is 6. The normalized spacial score (nSPS) is 20.1. The van der Waals surface area contributed by atoms with Gasteiger partial charge >= 0.3 is 6.09 Å². The molecule has 4 rings (SSSR count). The predicted octanol–water partition coefficient (Wildman–Crippen LogP) is 6.01. The SMILES string of the molecule is Cc1nc2cc(-c3ccc(C(C)N4CCC(CC(C)(C)O)(C(C)C)OC4=O)cc3)ccc2n1C. The van der Waals surface area contributed by atoms with Crippen LogP contribution in [0.15, 0.2) is 42.5 Å². The number of cyclic esters (lactones) is 1. The highest BCUT2D eigenvalue weighted by atomic mass is 16.6. The van der Waals surface area contributed by atoms with Gasteiger partial charge in [-0.15, -0.1) is 0 Å². The summed E-state index contributed by atoms with van der Waals surface area (Å²) < 4.78 is 8.12. The van der Waals surface area contributed by atoms with Gasteiger partial charge in [-0.25, -0.2) is 9.78 Å². The van der Waals surface area contributed by atoms with E-state index in [1.165, 1.54) is 0 Å². The average Bonchev–Trinajstić information content (AvgIpc) is 3.05. The van der Waals surface area contributed by atoms with Crippen LogP contribution in [0.5, 0.6) is 0 Å². The van der Waals surface area contributed by atoms with Crippen molar-refractivity contribution in [2.75, 3.05) is 6.54 Å². The van der Waals surface area contributed by atoms with Gasteiger partial charge in [0, 0.05) is 26.4 Å². The van der Waals surface area contributed by atoms with Crippen molar-refractivity contribution >= 4 is 17.1 Å². The third kappa shape index (κ3) is 4.56. The molecular weight excluding hydrogens is 426 g/mol. The van der Waals surface area contributed by atoms with E-state index in [9.17, 15) is 9.90 Å². The van der Waals surface area contributed by atoms with E-state index >= 15 is 0 Å². The molecule has 6 heteroatoms. The van der Waals surface area contributed by atoms with Gasteiger partial charge in [0.1, 0.15) is 11.4 Å². The highest BCUT2D eigenvalue weighted by Gasteiger charge is 2.47. The Morgan fingerprint density at radius 3 is 2.35 bits per heavy atom. The van der Waals surface area contributed by atoms with Gasteiger partial charge in [-0.3, -0.25) is 0 Å². The van der Waals surface area contributed by atoms with Crippen LogP contribution in [0.3, 0.4) is 0 Å². The second kappa shape index (κ2) is 8.73. The van der Waals surface area contributed by atoms with E-state index in [1.54, 1.807) is 18.7 Å². The molecule has 3 aromatic rings. The van der Waals surface area contributed by atoms with Crippen molar-refractivity contribution in [2.45, 2.75) is 71.6 Å². The Morgan fingerprint density at radius 1 is 1.12 bits per heavy atom. The number of aryl methyl sites for hydroxylation is 2. The number of fused-ring (bicyclic) bond motifs is 1. The van der Waals surface area contributed by atoms with E-state index < -0.39 is 11.2 Å². The van der Waals surface area contributed by atoms with E-state index in [0.717, 1.165) is 33.5 Å². The Hall–Kier alpha value is -2.86. The maximum atomic E-state index is 13.1. The summed E-state index contributed by atoms with van der Waals surface area (Å²) in [6.07, 6.45) is 0.823. The number of amides is 1. The topological polar surface area (TPSA) is 67.6 Å². The second-order valence-electron chi connectivity index (χ2n) is 10.7. The van der Waals surface area contributed by atoms with Crippen LogP contribution in [0.4, 0.5) is 4.79 Å². The number of benzene rings is 2. The lowest BCUT2D eigenvalue weighted by Gasteiger charge is -2.47. The van der Waals surface area contributed by atoms with Gasteiger partial charge in [-0.1, -0.05) is 44.2 Å². The maximum Gasteiger partial charge on any atom is 0.410 e. The molecule has 1 aliphatic heterocycles. The van der Waals surface area contributed by atoms with Gasteiger partial charge in [0.25, 0.3) is 0 Å². The van der Waals surface area contributed by atoms with Crippen LogP contribution < -0.4 is 0 Å². The van der Waals surface area contributed by atoms with Crippen LogP contribution in [0, 0.1) is 12.8 Å². The van der Waals surface area contributed by atoms with Crippen molar-refractivity contribution in [1.82, 2.24) is 14.5 Å². The Balaban J connectivity index is 1.51. The fourth-order valence-electron chi connectivity index (χ4n) is 5.14. The van der Waals surface area contributed by atoms with E-state index in [1.807, 2.05) is 20.9 Å². The molecule has 2 heterocycles. The van der Waals surface area contributed by atoms with Crippen LogP contribution in [-0.4, -0.2) is 43.4 Å². The number of aromatic nitrogens is 2. The Morgan fingerprint density at radius 2 is 1.76 bits per heavy atom. The minimum Gasteiger partial charge on any atom is -0.442 e. The molecule has 1 fully saturated rings. The highest BCUT2D eigenvalue weighted by molar-refractivity contribution is 5.82. The van der Waals surface area contributed by atoms with Crippen molar-refractivity contribution in [2.24, 2.45) is 13.0 Å². The van der Waals surface area contributed by atoms with Gasteiger partial charge in [0.05, 0.1) is 22.7 Å². The van der Waals surface area contributed by atoms with Gasteiger partial charge in [0.15, 0.2) is 0 Å². The number of hydrogen-bond donors (Lipinski definition) is 1. The van der Waals surface area contributed by atoms with Gasteiger partial charge in [-0.2, -0.15) is 0 Å². The molecule has 0 radical (unpaired) electrons. The predicted molar refractivity (Wildman–Crippen MR) is 136 cm³/mol. The van der Waals surface area contributed by atoms with E-state index in [2.05, 4.69) is 65.9 Å². The quantitative estimate of drug-likeness (QED) is 0.486. The molecule has 6 nitrogen and oxygen atoms in total. The molecule has 1 N–H and O–H groups in total. The van der Waals surface area contributed by atoms with Crippen LogP contribution in [0.25, 0.3) is 22.2 Å². The molecule has 0 saturated carbocycles. The standard InChI is InChI=1S/C28H37N3O3/c1-18(2)28(17-27(5,6)33)14-15-31(26(32)34-28)19(3)21-8-10-22(11-9-21)23-12-13-25-24(16-23)29-20(4)30(25)7/h8-13,16,18-19,33H,14-15,17H2,1-7H3. The van der Waals surface area contributed by atoms with Crippen molar-refractivity contribution in [3.05, 3.63) is 53.9 Å². The molecule has 2 aromatic carbocycles. The monoisotopic (exact) mass is 463 g/mol. The van der Waals surface area contributed by atoms with Gasteiger partial charge in [0.2, 0.25) is 0 Å². The molecule has 0 bridgehead atoms. The molecule has 2 unspecified atom stereocenters. The number of aliphatic hydroxyl groups is 1. The first kappa shape index (κ1) is 24.3. The lowest BCUT2D eigenvalue weighted by atomic mass is 9.77. The number of carbonyl (C=O) groups excluding carboxylic acids is 1. The molecule has 1 aromatic heterocycles. The van der Waals surface area contributed by atoms with Crippen LogP contribution in [-0.2, 0) is 11.8 Å². The largest absolute Gasteiger partial charge is 0.442 e. The van der Waals surface area contributed by atoms with Crippen LogP contribution in [0.2, 0.25) is 0 Å². The van der Waals surface area contributed by atoms with Crippen molar-refractivity contribution in [1.29, 1.82) is 0 Å². The third-order valence-electron chi connectivity index (χ3n) is 7.38. The molecule has 2 atom stereocenters. The van der Waals surface area contributed by atoms with Crippen molar-refractivity contribution in [3.63, 3.8) is 0 Å². The summed E-state index contributed by atoms with van der Waals surface area (Å²) in [5.74, 6) is 1.12. The number of nitrogens with zero attached hydrogens (tertiary/aromatic N) is 3. The van der Waals surface area contributed by atoms with Crippen molar-refractivity contribution in [3.8, 4) is 11.1 Å². The summed E-state index contributed by atoms with van der Waals surface area (Å²) in [4.78, 5) is 19.5. The number of hydrogen-bond acceptors (Lipinski definition) is 4. The van der Waals surface area contributed by atoms with E-state index in [0.29, 0.717) is 19.4 Å². The average molecular weight is 464 g/mol. The zero-order valence-electron chi connectivity index (χ0n) is 21.4. The minimum atomic E-state index is -0.898. The highest BCUT2D eigenvalue weighted by Crippen LogP contribution is 2.40. The molecular formula is C28H37N3O3. The summed E-state index contributed by atoms with van der Waals surface area (Å²) in [7, 11) is 2.03. The molecule has 0 aliphatic carbocycles. The van der Waals surface area contributed by atoms with Crippen molar-refractivity contribution < 1.29 is 14.6 Å². The van der Waals surface area contributed by atoms with Gasteiger partial charge < -0.3 is 19.3 Å². The summed E-state index contributed by atoms with van der Waals surface area (Å²) in [5.41, 5.74) is 3.88. The van der Waals surface area contributed by atoms with Crippen LogP contribution >= 0.6 is 0 Å². The molecule has 34 heavy (non-hydrogen) atoms. The first-order valence-corrected chi connectivity index (χ1v) is 12.2. The summed E-state index contributed by atoms with van der Waals surface area (Å²) in [6, 6.07) is 14.6. The molecule has 1 saturated heterocycles. The molecule has 182 valence electrons. The first-order chi connectivity index (χ1) is 15.9. The summed E-state index contributed by atoms with van der Waals surface area (Å²) >= 11 is 0. The summed E-state index contributed by atoms with van der Waals surface area (Å²) in [6.45, 7) is 12.3. The fraction of sp³-hybridized carbons (Fsp3) is 0.500. The van der Waals surface area contributed by atoms with Gasteiger partial charge in [-0.05, 0) is 62.4 Å². The van der Waals surface area contributed by atoms with E-state index in [4.69, 9.17) is 4.74 Å². The zero-order chi connectivity index (χ0) is 24.8. The van der Waals surface area contributed by atoms with E-state index in [-0.39, 0.29) is 18.1 Å². The lowest BCUT2D eigenvalue weighted by Crippen LogP contribution is -2.55. The molecule has 1 amide bonds. The Labute approximate surface area is 202 Å². The lowest BCUT2D eigenvalue weighted by molar-refractivity contribution is -0.119. The van der Waals surface area contributed by atoms with Crippen LogP contribution in [0.1, 0.15) is 64.9 Å².